The van der Waals surface area contributed by atoms with Crippen molar-refractivity contribution in [3.63, 3.8) is 0 Å². The lowest BCUT2D eigenvalue weighted by Gasteiger charge is -2.35. The molecule has 6 heteroatoms. The standard InChI is InChI=1S/C9H18O3S3/c13-4-1-7-10-8(2-5-14)12-9(11-7)3-6-15/h7-9,13-15H,1-6H2. The Kier molecular flexibility index (Phi) is 7.54. The van der Waals surface area contributed by atoms with Crippen LogP contribution in [0.4, 0.5) is 0 Å². The Morgan fingerprint density at radius 3 is 1.07 bits per heavy atom. The Balaban J connectivity index is 2.40. The summed E-state index contributed by atoms with van der Waals surface area (Å²) in [6, 6.07) is 0. The van der Waals surface area contributed by atoms with E-state index >= 15 is 0 Å². The van der Waals surface area contributed by atoms with E-state index in [1.807, 2.05) is 0 Å². The van der Waals surface area contributed by atoms with Gasteiger partial charge in [-0.2, -0.15) is 37.9 Å². The van der Waals surface area contributed by atoms with Crippen molar-refractivity contribution in [2.24, 2.45) is 0 Å². The number of rotatable bonds is 6. The predicted octanol–water partition coefficient (Wildman–Crippen LogP) is 1.99. The van der Waals surface area contributed by atoms with Crippen molar-refractivity contribution in [3.8, 4) is 0 Å². The molecule has 0 N–H and O–H groups in total. The zero-order valence-electron chi connectivity index (χ0n) is 8.54. The monoisotopic (exact) mass is 270 g/mol. The van der Waals surface area contributed by atoms with Gasteiger partial charge in [0.05, 0.1) is 0 Å². The van der Waals surface area contributed by atoms with Gasteiger partial charge < -0.3 is 14.2 Å². The predicted molar refractivity (Wildman–Crippen MR) is 70.0 cm³/mol. The van der Waals surface area contributed by atoms with Crippen LogP contribution < -0.4 is 0 Å². The van der Waals surface area contributed by atoms with Crippen molar-refractivity contribution >= 4 is 37.9 Å². The first-order chi connectivity index (χ1) is 7.30. The summed E-state index contributed by atoms with van der Waals surface area (Å²) in [6.07, 6.45) is 1.72. The van der Waals surface area contributed by atoms with E-state index in [1.165, 1.54) is 0 Å². The zero-order chi connectivity index (χ0) is 11.1. The highest BCUT2D eigenvalue weighted by Gasteiger charge is 2.29. The van der Waals surface area contributed by atoms with E-state index in [2.05, 4.69) is 37.9 Å². The van der Waals surface area contributed by atoms with E-state index in [0.717, 1.165) is 36.5 Å². The lowest BCUT2D eigenvalue weighted by molar-refractivity contribution is -0.382. The van der Waals surface area contributed by atoms with Crippen molar-refractivity contribution in [2.45, 2.75) is 38.1 Å². The first-order valence-electron chi connectivity index (χ1n) is 5.09. The van der Waals surface area contributed by atoms with Crippen LogP contribution in [0.5, 0.6) is 0 Å². The molecule has 0 unspecified atom stereocenters. The fourth-order valence-electron chi connectivity index (χ4n) is 1.33. The maximum atomic E-state index is 5.58. The first kappa shape index (κ1) is 14.0. The van der Waals surface area contributed by atoms with Gasteiger partial charge in [-0.05, 0) is 17.3 Å². The molecule has 1 heterocycles. The molecule has 1 aliphatic heterocycles. The quantitative estimate of drug-likeness (QED) is 0.645. The first-order valence-corrected chi connectivity index (χ1v) is 6.99. The minimum atomic E-state index is -0.203. The van der Waals surface area contributed by atoms with Gasteiger partial charge in [0.2, 0.25) is 0 Å². The largest absolute Gasteiger partial charge is 0.324 e. The Morgan fingerprint density at radius 1 is 0.600 bits per heavy atom. The summed E-state index contributed by atoms with van der Waals surface area (Å²) < 4.78 is 16.7. The molecule has 0 aliphatic carbocycles. The van der Waals surface area contributed by atoms with E-state index in [-0.39, 0.29) is 18.9 Å². The van der Waals surface area contributed by atoms with Gasteiger partial charge in [-0.15, -0.1) is 0 Å². The highest BCUT2D eigenvalue weighted by molar-refractivity contribution is 7.80. The molecule has 0 radical (unpaired) electrons. The molecule has 15 heavy (non-hydrogen) atoms. The minimum absolute atomic E-state index is 0.203. The second kappa shape index (κ2) is 8.08. The van der Waals surface area contributed by atoms with Gasteiger partial charge in [0, 0.05) is 19.3 Å². The van der Waals surface area contributed by atoms with Crippen LogP contribution >= 0.6 is 37.9 Å². The minimum Gasteiger partial charge on any atom is -0.324 e. The molecule has 1 fully saturated rings. The van der Waals surface area contributed by atoms with Crippen molar-refractivity contribution in [1.29, 1.82) is 0 Å². The number of hydrogen-bond donors (Lipinski definition) is 3. The SMILES string of the molecule is SCCC1OC(CCS)OC(CCS)O1. The molecule has 0 atom stereocenters. The maximum Gasteiger partial charge on any atom is 0.164 e. The molecule has 90 valence electrons. The van der Waals surface area contributed by atoms with Gasteiger partial charge in [0.15, 0.2) is 18.9 Å². The summed E-state index contributed by atoms with van der Waals surface area (Å²) in [4.78, 5) is 0. The number of thiol groups is 3. The molecule has 1 aliphatic rings. The van der Waals surface area contributed by atoms with Crippen LogP contribution in [0.2, 0.25) is 0 Å². The third kappa shape index (κ3) is 5.19. The molecule has 1 saturated heterocycles. The van der Waals surface area contributed by atoms with Crippen LogP contribution in [-0.2, 0) is 14.2 Å². The summed E-state index contributed by atoms with van der Waals surface area (Å²) in [5, 5.41) is 0. The van der Waals surface area contributed by atoms with Gasteiger partial charge in [-0.3, -0.25) is 0 Å². The molecular formula is C9H18O3S3. The summed E-state index contributed by atoms with van der Waals surface area (Å²) in [5.74, 6) is 2.23. The highest BCUT2D eigenvalue weighted by atomic mass is 32.1. The fourth-order valence-corrected chi connectivity index (χ4v) is 1.96. The van der Waals surface area contributed by atoms with Gasteiger partial charge in [0.1, 0.15) is 0 Å². The third-order valence-corrected chi connectivity index (χ3v) is 2.78. The molecule has 0 aromatic carbocycles. The Labute approximate surface area is 107 Å². The summed E-state index contributed by atoms with van der Waals surface area (Å²) >= 11 is 12.5. The van der Waals surface area contributed by atoms with E-state index in [9.17, 15) is 0 Å². The number of hydrogen-bond acceptors (Lipinski definition) is 6. The third-order valence-electron chi connectivity index (χ3n) is 2.01. The lowest BCUT2D eigenvalue weighted by atomic mass is 10.3. The van der Waals surface area contributed by atoms with Crippen LogP contribution in [0, 0.1) is 0 Å². The molecule has 0 aromatic heterocycles. The summed E-state index contributed by atoms with van der Waals surface area (Å²) in [5.41, 5.74) is 0. The molecule has 0 amide bonds. The van der Waals surface area contributed by atoms with Crippen molar-refractivity contribution in [1.82, 2.24) is 0 Å². The van der Waals surface area contributed by atoms with E-state index in [1.54, 1.807) is 0 Å². The van der Waals surface area contributed by atoms with E-state index in [4.69, 9.17) is 14.2 Å². The molecule has 0 aromatic rings. The average Bonchev–Trinajstić information content (AvgIpc) is 2.19. The van der Waals surface area contributed by atoms with E-state index in [0.29, 0.717) is 0 Å². The maximum absolute atomic E-state index is 5.58. The summed E-state index contributed by atoms with van der Waals surface area (Å²) in [7, 11) is 0. The second-order valence-corrected chi connectivity index (χ2v) is 4.58. The number of ether oxygens (including phenoxy) is 3. The molecule has 0 bridgehead atoms. The Morgan fingerprint density at radius 2 is 0.867 bits per heavy atom. The second-order valence-electron chi connectivity index (χ2n) is 3.23. The average molecular weight is 270 g/mol. The smallest absolute Gasteiger partial charge is 0.164 e. The van der Waals surface area contributed by atoms with Gasteiger partial charge in [-0.1, -0.05) is 0 Å². The topological polar surface area (TPSA) is 27.7 Å². The van der Waals surface area contributed by atoms with Gasteiger partial charge >= 0.3 is 0 Å². The van der Waals surface area contributed by atoms with Crippen LogP contribution in [0.25, 0.3) is 0 Å². The van der Waals surface area contributed by atoms with Gasteiger partial charge in [0.25, 0.3) is 0 Å². The zero-order valence-corrected chi connectivity index (χ0v) is 11.2. The molecule has 3 nitrogen and oxygen atoms in total. The molecule has 1 rings (SSSR count). The summed E-state index contributed by atoms with van der Waals surface area (Å²) in [6.45, 7) is 0. The van der Waals surface area contributed by atoms with Crippen LogP contribution in [0.3, 0.4) is 0 Å². The van der Waals surface area contributed by atoms with E-state index < -0.39 is 0 Å². The van der Waals surface area contributed by atoms with Crippen molar-refractivity contribution < 1.29 is 14.2 Å². The van der Waals surface area contributed by atoms with Gasteiger partial charge in [-0.25, -0.2) is 0 Å². The lowest BCUT2D eigenvalue weighted by Crippen LogP contribution is -2.41. The van der Waals surface area contributed by atoms with Crippen LogP contribution in [-0.4, -0.2) is 36.1 Å². The highest BCUT2D eigenvalue weighted by Crippen LogP contribution is 2.22. The fraction of sp³-hybridized carbons (Fsp3) is 1.00. The molecule has 0 saturated carbocycles. The molecular weight excluding hydrogens is 252 g/mol. The Bertz CT molecular complexity index is 136. The normalized spacial score (nSPS) is 31.8. The van der Waals surface area contributed by atoms with Crippen LogP contribution in [0.15, 0.2) is 0 Å². The Hall–Kier alpha value is 0.930. The van der Waals surface area contributed by atoms with Crippen molar-refractivity contribution in [3.05, 3.63) is 0 Å². The van der Waals surface area contributed by atoms with Crippen LogP contribution in [0.1, 0.15) is 19.3 Å². The molecule has 0 spiro atoms. The van der Waals surface area contributed by atoms with Crippen molar-refractivity contribution in [2.75, 3.05) is 17.3 Å².